The van der Waals surface area contributed by atoms with Gasteiger partial charge in [-0.3, -0.25) is 0 Å². The van der Waals surface area contributed by atoms with Crippen LogP contribution in [-0.2, 0) is 13.0 Å². The van der Waals surface area contributed by atoms with Crippen LogP contribution in [0.3, 0.4) is 0 Å². The highest BCUT2D eigenvalue weighted by Gasteiger charge is 2.23. The molecule has 2 heteroatoms. The second kappa shape index (κ2) is 5.20. The Bertz CT molecular complexity index is 619. The minimum absolute atomic E-state index is 0.299. The lowest BCUT2D eigenvalue weighted by molar-refractivity contribution is 0.254. The number of rotatable bonds is 3. The maximum absolute atomic E-state index is 5.86. The van der Waals surface area contributed by atoms with Crippen LogP contribution in [-0.4, -0.2) is 6.10 Å². The molecule has 2 aromatic carbocycles. The van der Waals surface area contributed by atoms with Crippen LogP contribution < -0.4 is 10.1 Å². The highest BCUT2D eigenvalue weighted by molar-refractivity contribution is 5.64. The van der Waals surface area contributed by atoms with Gasteiger partial charge in [0.05, 0.1) is 0 Å². The molecule has 0 unspecified atom stereocenters. The maximum Gasteiger partial charge on any atom is 0.123 e. The van der Waals surface area contributed by atoms with Crippen LogP contribution in [0.25, 0.3) is 0 Å². The Kier molecular flexibility index (Phi) is 3.39. The van der Waals surface area contributed by atoms with E-state index in [-0.39, 0.29) is 0 Å². The second-order valence-corrected chi connectivity index (χ2v) is 5.64. The average Bonchev–Trinajstić information content (AvgIpc) is 2.80. The normalized spacial score (nSPS) is 16.6. The van der Waals surface area contributed by atoms with Crippen LogP contribution in [0.4, 0.5) is 5.69 Å². The van der Waals surface area contributed by atoms with E-state index in [2.05, 4.69) is 56.4 Å². The topological polar surface area (TPSA) is 21.3 Å². The lowest BCUT2D eigenvalue weighted by atomic mass is 9.99. The van der Waals surface area contributed by atoms with Crippen LogP contribution in [0, 0.1) is 13.8 Å². The Morgan fingerprint density at radius 2 is 1.95 bits per heavy atom. The van der Waals surface area contributed by atoms with E-state index in [1.165, 1.54) is 27.9 Å². The zero-order valence-corrected chi connectivity index (χ0v) is 12.4. The van der Waals surface area contributed by atoms with E-state index in [1.807, 2.05) is 6.07 Å². The number of ether oxygens (including phenoxy) is 1. The molecule has 2 nitrogen and oxygen atoms in total. The molecule has 0 aromatic heterocycles. The zero-order chi connectivity index (χ0) is 14.1. The number of hydrogen-bond acceptors (Lipinski definition) is 2. The summed E-state index contributed by atoms with van der Waals surface area (Å²) in [6.45, 7) is 7.33. The first kappa shape index (κ1) is 13.0. The van der Waals surface area contributed by atoms with Crippen molar-refractivity contribution in [2.24, 2.45) is 0 Å². The van der Waals surface area contributed by atoms with Gasteiger partial charge in [0.1, 0.15) is 11.9 Å². The third-order valence-electron chi connectivity index (χ3n) is 4.00. The molecule has 1 aliphatic rings. The van der Waals surface area contributed by atoms with Gasteiger partial charge in [0, 0.05) is 24.2 Å². The third kappa shape index (κ3) is 2.38. The second-order valence-electron chi connectivity index (χ2n) is 5.64. The number of hydrogen-bond donors (Lipinski definition) is 1. The van der Waals surface area contributed by atoms with Crippen LogP contribution in [0.15, 0.2) is 36.4 Å². The Balaban J connectivity index is 1.86. The Morgan fingerprint density at radius 3 is 2.70 bits per heavy atom. The molecule has 0 radical (unpaired) electrons. The Hall–Kier alpha value is -1.96. The minimum atomic E-state index is 0.299. The summed E-state index contributed by atoms with van der Waals surface area (Å²) in [5.74, 6) is 1.07. The van der Waals surface area contributed by atoms with Gasteiger partial charge >= 0.3 is 0 Å². The van der Waals surface area contributed by atoms with Crippen molar-refractivity contribution in [3.05, 3.63) is 58.7 Å². The van der Waals surface area contributed by atoms with E-state index in [1.54, 1.807) is 0 Å². The smallest absolute Gasteiger partial charge is 0.123 e. The van der Waals surface area contributed by atoms with Gasteiger partial charge in [-0.1, -0.05) is 30.3 Å². The quantitative estimate of drug-likeness (QED) is 0.898. The largest absolute Gasteiger partial charge is 0.490 e. The summed E-state index contributed by atoms with van der Waals surface area (Å²) >= 11 is 0. The highest BCUT2D eigenvalue weighted by atomic mass is 16.5. The van der Waals surface area contributed by atoms with Gasteiger partial charge < -0.3 is 10.1 Å². The lowest BCUT2D eigenvalue weighted by Crippen LogP contribution is -2.05. The van der Waals surface area contributed by atoms with Gasteiger partial charge in [-0.2, -0.15) is 0 Å². The molecule has 1 aliphatic heterocycles. The molecule has 2 aromatic rings. The van der Waals surface area contributed by atoms with E-state index < -0.39 is 0 Å². The molecule has 1 atom stereocenters. The molecule has 0 fully saturated rings. The molecule has 0 amide bonds. The first-order chi connectivity index (χ1) is 9.65. The van der Waals surface area contributed by atoms with Crippen LogP contribution >= 0.6 is 0 Å². The van der Waals surface area contributed by atoms with Gasteiger partial charge in [0.15, 0.2) is 0 Å². The van der Waals surface area contributed by atoms with Crippen molar-refractivity contribution in [3.8, 4) is 5.75 Å². The number of benzene rings is 2. The van der Waals surface area contributed by atoms with Crippen molar-refractivity contribution in [1.82, 2.24) is 0 Å². The van der Waals surface area contributed by atoms with Crippen LogP contribution in [0.5, 0.6) is 5.75 Å². The predicted octanol–water partition coefficient (Wildman–Crippen LogP) is 4.24. The lowest BCUT2D eigenvalue weighted by Gasteiger charge is -2.15. The highest BCUT2D eigenvalue weighted by Crippen LogP contribution is 2.37. The molecule has 0 spiro atoms. The fourth-order valence-electron chi connectivity index (χ4n) is 2.95. The van der Waals surface area contributed by atoms with E-state index in [4.69, 9.17) is 4.74 Å². The molecule has 0 saturated carbocycles. The summed E-state index contributed by atoms with van der Waals surface area (Å²) in [6, 6.07) is 12.7. The molecular formula is C18H21NO. The maximum atomic E-state index is 5.86. The molecule has 1 N–H and O–H groups in total. The molecule has 1 heterocycles. The first-order valence-electron chi connectivity index (χ1n) is 7.22. The number of nitrogens with one attached hydrogen (secondary N) is 1. The zero-order valence-electron chi connectivity index (χ0n) is 12.4. The summed E-state index contributed by atoms with van der Waals surface area (Å²) in [7, 11) is 0. The number of aryl methyl sites for hydroxylation is 1. The van der Waals surface area contributed by atoms with E-state index in [0.29, 0.717) is 6.10 Å². The van der Waals surface area contributed by atoms with E-state index in [9.17, 15) is 0 Å². The SMILES string of the molecule is Cc1cc2c(c(C)c1NCc1ccccc1)C[C@@H](C)O2. The van der Waals surface area contributed by atoms with Gasteiger partial charge in [0.2, 0.25) is 0 Å². The molecule has 3 rings (SSSR count). The predicted molar refractivity (Wildman–Crippen MR) is 83.5 cm³/mol. The van der Waals surface area contributed by atoms with Crippen LogP contribution in [0.1, 0.15) is 29.2 Å². The standard InChI is InChI=1S/C18H21NO/c1-12-9-17-16(10-13(2)20-17)14(3)18(12)19-11-15-7-5-4-6-8-15/h4-9,13,19H,10-11H2,1-3H3/t13-/m1/s1. The molecular weight excluding hydrogens is 246 g/mol. The van der Waals surface area contributed by atoms with Crippen molar-refractivity contribution < 1.29 is 4.74 Å². The van der Waals surface area contributed by atoms with Crippen LogP contribution in [0.2, 0.25) is 0 Å². The summed E-state index contributed by atoms with van der Waals surface area (Å²) in [4.78, 5) is 0. The fraction of sp³-hybridized carbons (Fsp3) is 0.333. The van der Waals surface area contributed by atoms with Crippen molar-refractivity contribution in [2.75, 3.05) is 5.32 Å². The average molecular weight is 267 g/mol. The van der Waals surface area contributed by atoms with Gasteiger partial charge in [0.25, 0.3) is 0 Å². The van der Waals surface area contributed by atoms with Crippen molar-refractivity contribution >= 4 is 5.69 Å². The van der Waals surface area contributed by atoms with Gasteiger partial charge in [-0.25, -0.2) is 0 Å². The molecule has 104 valence electrons. The molecule has 0 saturated heterocycles. The Morgan fingerprint density at radius 1 is 1.20 bits per heavy atom. The third-order valence-corrected chi connectivity index (χ3v) is 4.00. The van der Waals surface area contributed by atoms with E-state index in [0.717, 1.165) is 18.7 Å². The first-order valence-corrected chi connectivity index (χ1v) is 7.22. The minimum Gasteiger partial charge on any atom is -0.490 e. The monoisotopic (exact) mass is 267 g/mol. The number of anilines is 1. The molecule has 0 aliphatic carbocycles. The Labute approximate surface area is 120 Å². The van der Waals surface area contributed by atoms with Crippen molar-refractivity contribution in [1.29, 1.82) is 0 Å². The van der Waals surface area contributed by atoms with Gasteiger partial charge in [-0.05, 0) is 43.5 Å². The summed E-state index contributed by atoms with van der Waals surface area (Å²) in [5.41, 5.74) is 6.51. The number of fused-ring (bicyclic) bond motifs is 1. The summed E-state index contributed by atoms with van der Waals surface area (Å²) in [6.07, 6.45) is 1.31. The van der Waals surface area contributed by atoms with E-state index >= 15 is 0 Å². The fourth-order valence-corrected chi connectivity index (χ4v) is 2.95. The molecule has 20 heavy (non-hydrogen) atoms. The van der Waals surface area contributed by atoms with Gasteiger partial charge in [-0.15, -0.1) is 0 Å². The molecule has 0 bridgehead atoms. The summed E-state index contributed by atoms with van der Waals surface area (Å²) < 4.78 is 5.86. The summed E-state index contributed by atoms with van der Waals surface area (Å²) in [5, 5.41) is 3.59. The van der Waals surface area contributed by atoms with Crippen molar-refractivity contribution in [2.45, 2.75) is 39.8 Å². The van der Waals surface area contributed by atoms with Crippen molar-refractivity contribution in [3.63, 3.8) is 0 Å².